The third-order valence-corrected chi connectivity index (χ3v) is 3.18. The lowest BCUT2D eigenvalue weighted by Crippen LogP contribution is -2.19. The lowest BCUT2D eigenvalue weighted by Gasteiger charge is -2.03. The van der Waals surface area contributed by atoms with Crippen LogP contribution in [0.5, 0.6) is 0 Å². The molecule has 0 saturated heterocycles. The Bertz CT molecular complexity index is 357. The van der Waals surface area contributed by atoms with Crippen LogP contribution in [0.1, 0.15) is 44.5 Å². The summed E-state index contributed by atoms with van der Waals surface area (Å²) in [4.78, 5) is 11.5. The summed E-state index contributed by atoms with van der Waals surface area (Å²) in [5.74, 6) is -0.0412. The smallest absolute Gasteiger partial charge is 0.226 e. The molecular formula is C11H21ClN4OS. The highest BCUT2D eigenvalue weighted by Gasteiger charge is 2.08. The number of carbonyl (C=O) groups excluding carboxylic acids is 1. The number of nitrogens with one attached hydrogen (secondary N) is 1. The maximum atomic E-state index is 11.5. The van der Waals surface area contributed by atoms with E-state index in [4.69, 9.17) is 5.73 Å². The molecule has 7 heteroatoms. The van der Waals surface area contributed by atoms with Crippen molar-refractivity contribution in [2.75, 3.05) is 5.32 Å². The standard InChI is InChI=1S/C11H20N4OS.ClH/c1-3-4-5-10-14-15-11(17-10)13-9(16)7-6-8(2)12;/h8H,3-7,12H2,1-2H3,(H,13,15,16);1H. The number of anilines is 1. The molecule has 5 nitrogen and oxygen atoms in total. The van der Waals surface area contributed by atoms with Gasteiger partial charge in [-0.1, -0.05) is 24.7 Å². The summed E-state index contributed by atoms with van der Waals surface area (Å²) in [6.07, 6.45) is 4.29. The molecule has 0 bridgehead atoms. The molecule has 1 aromatic heterocycles. The minimum absolute atomic E-state index is 0. The van der Waals surface area contributed by atoms with Gasteiger partial charge in [-0.15, -0.1) is 22.6 Å². The second-order valence-electron chi connectivity index (χ2n) is 4.17. The topological polar surface area (TPSA) is 80.9 Å². The van der Waals surface area contributed by atoms with Crippen LogP contribution in [0.2, 0.25) is 0 Å². The number of nitrogens with two attached hydrogens (primary N) is 1. The number of rotatable bonds is 7. The maximum absolute atomic E-state index is 11.5. The zero-order valence-electron chi connectivity index (χ0n) is 10.8. The van der Waals surface area contributed by atoms with E-state index in [9.17, 15) is 4.79 Å². The highest BCUT2D eigenvalue weighted by molar-refractivity contribution is 7.15. The SMILES string of the molecule is CCCCc1nnc(NC(=O)CCC(C)N)s1.Cl. The summed E-state index contributed by atoms with van der Waals surface area (Å²) in [5, 5.41) is 12.3. The van der Waals surface area contributed by atoms with Crippen molar-refractivity contribution in [1.29, 1.82) is 0 Å². The first-order valence-corrected chi connectivity index (χ1v) is 6.81. The number of carbonyl (C=O) groups is 1. The van der Waals surface area contributed by atoms with E-state index in [-0.39, 0.29) is 24.4 Å². The molecule has 1 heterocycles. The average Bonchev–Trinajstić information content (AvgIpc) is 2.71. The molecule has 0 fully saturated rings. The Morgan fingerprint density at radius 1 is 1.50 bits per heavy atom. The zero-order valence-corrected chi connectivity index (χ0v) is 12.4. The molecular weight excluding hydrogens is 272 g/mol. The van der Waals surface area contributed by atoms with E-state index in [1.54, 1.807) is 0 Å². The Hall–Kier alpha value is -0.720. The van der Waals surface area contributed by atoms with Crippen molar-refractivity contribution in [2.45, 2.75) is 52.0 Å². The first-order valence-electron chi connectivity index (χ1n) is 5.99. The Morgan fingerprint density at radius 3 is 2.83 bits per heavy atom. The van der Waals surface area contributed by atoms with Crippen molar-refractivity contribution in [3.63, 3.8) is 0 Å². The largest absolute Gasteiger partial charge is 0.328 e. The van der Waals surface area contributed by atoms with Gasteiger partial charge in [0.05, 0.1) is 0 Å². The Kier molecular flexibility index (Phi) is 8.87. The Balaban J connectivity index is 0.00000289. The van der Waals surface area contributed by atoms with E-state index in [1.165, 1.54) is 11.3 Å². The molecule has 1 aromatic rings. The maximum Gasteiger partial charge on any atom is 0.226 e. The van der Waals surface area contributed by atoms with Crippen LogP contribution in [0.4, 0.5) is 5.13 Å². The predicted molar refractivity (Wildman–Crippen MR) is 77.3 cm³/mol. The fourth-order valence-corrected chi connectivity index (χ4v) is 2.07. The van der Waals surface area contributed by atoms with Crippen molar-refractivity contribution in [1.82, 2.24) is 10.2 Å². The molecule has 0 saturated carbocycles. The fraction of sp³-hybridized carbons (Fsp3) is 0.727. The highest BCUT2D eigenvalue weighted by Crippen LogP contribution is 2.17. The number of nitrogens with zero attached hydrogens (tertiary/aromatic N) is 2. The van der Waals surface area contributed by atoms with E-state index >= 15 is 0 Å². The van der Waals surface area contributed by atoms with Gasteiger partial charge in [0.1, 0.15) is 5.01 Å². The van der Waals surface area contributed by atoms with Gasteiger partial charge in [0, 0.05) is 18.9 Å². The van der Waals surface area contributed by atoms with Gasteiger partial charge in [-0.3, -0.25) is 4.79 Å². The van der Waals surface area contributed by atoms with Crippen molar-refractivity contribution < 1.29 is 4.79 Å². The molecule has 1 amide bonds. The van der Waals surface area contributed by atoms with E-state index in [2.05, 4.69) is 22.4 Å². The van der Waals surface area contributed by atoms with Crippen LogP contribution in [0.25, 0.3) is 0 Å². The van der Waals surface area contributed by atoms with Crippen molar-refractivity contribution in [3.05, 3.63) is 5.01 Å². The molecule has 3 N–H and O–H groups in total. The number of aromatic nitrogens is 2. The van der Waals surface area contributed by atoms with Gasteiger partial charge in [-0.05, 0) is 19.8 Å². The Labute approximate surface area is 118 Å². The molecule has 18 heavy (non-hydrogen) atoms. The molecule has 0 aliphatic heterocycles. The molecule has 104 valence electrons. The van der Waals surface area contributed by atoms with Crippen LogP contribution in [0.3, 0.4) is 0 Å². The first kappa shape index (κ1) is 17.3. The van der Waals surface area contributed by atoms with Gasteiger partial charge in [-0.25, -0.2) is 0 Å². The summed E-state index contributed by atoms with van der Waals surface area (Å²) in [5.41, 5.74) is 5.59. The molecule has 1 unspecified atom stereocenters. The second-order valence-corrected chi connectivity index (χ2v) is 5.23. The van der Waals surface area contributed by atoms with Crippen molar-refractivity contribution >= 4 is 34.8 Å². The highest BCUT2D eigenvalue weighted by atomic mass is 35.5. The first-order chi connectivity index (χ1) is 8.11. The number of hydrogen-bond donors (Lipinski definition) is 2. The minimum atomic E-state index is -0.0412. The molecule has 1 atom stereocenters. The van der Waals surface area contributed by atoms with Crippen LogP contribution in [-0.2, 0) is 11.2 Å². The molecule has 1 rings (SSSR count). The van der Waals surface area contributed by atoms with Gasteiger partial charge in [0.2, 0.25) is 11.0 Å². The molecule has 0 spiro atoms. The van der Waals surface area contributed by atoms with Gasteiger partial charge in [0.15, 0.2) is 0 Å². The summed E-state index contributed by atoms with van der Waals surface area (Å²) < 4.78 is 0. The lowest BCUT2D eigenvalue weighted by atomic mass is 10.2. The third-order valence-electron chi connectivity index (χ3n) is 2.28. The van der Waals surface area contributed by atoms with Crippen LogP contribution in [-0.4, -0.2) is 22.1 Å². The summed E-state index contributed by atoms with van der Waals surface area (Å²) >= 11 is 1.45. The molecule has 0 aliphatic rings. The van der Waals surface area contributed by atoms with Crippen molar-refractivity contribution in [2.24, 2.45) is 5.73 Å². The van der Waals surface area contributed by atoms with Crippen LogP contribution >= 0.6 is 23.7 Å². The number of unbranched alkanes of at least 4 members (excludes halogenated alkanes) is 1. The van der Waals surface area contributed by atoms with Gasteiger partial charge >= 0.3 is 0 Å². The quantitative estimate of drug-likeness (QED) is 0.808. The summed E-state index contributed by atoms with van der Waals surface area (Å²) in [6, 6.07) is 0.0512. The number of amides is 1. The predicted octanol–water partition coefficient (Wildman–Crippen LogP) is 2.37. The van der Waals surface area contributed by atoms with E-state index in [1.807, 2.05) is 6.92 Å². The summed E-state index contributed by atoms with van der Waals surface area (Å²) in [7, 11) is 0. The van der Waals surface area contributed by atoms with Gasteiger partial charge in [-0.2, -0.15) is 0 Å². The summed E-state index contributed by atoms with van der Waals surface area (Å²) in [6.45, 7) is 4.03. The van der Waals surface area contributed by atoms with E-state index < -0.39 is 0 Å². The van der Waals surface area contributed by atoms with Crippen LogP contribution in [0.15, 0.2) is 0 Å². The normalized spacial score (nSPS) is 11.7. The van der Waals surface area contributed by atoms with Gasteiger partial charge in [0.25, 0.3) is 0 Å². The molecule has 0 radical (unpaired) electrons. The molecule has 0 aromatic carbocycles. The third kappa shape index (κ3) is 6.88. The van der Waals surface area contributed by atoms with E-state index in [0.717, 1.165) is 24.3 Å². The monoisotopic (exact) mass is 292 g/mol. The number of aryl methyl sites for hydroxylation is 1. The van der Waals surface area contributed by atoms with Crippen LogP contribution < -0.4 is 11.1 Å². The average molecular weight is 293 g/mol. The van der Waals surface area contributed by atoms with E-state index in [0.29, 0.717) is 18.0 Å². The van der Waals surface area contributed by atoms with Crippen molar-refractivity contribution in [3.8, 4) is 0 Å². The van der Waals surface area contributed by atoms with Gasteiger partial charge < -0.3 is 11.1 Å². The minimum Gasteiger partial charge on any atom is -0.328 e. The Morgan fingerprint density at radius 2 is 2.22 bits per heavy atom. The molecule has 0 aliphatic carbocycles. The van der Waals surface area contributed by atoms with Crippen LogP contribution in [0, 0.1) is 0 Å². The number of halogens is 1. The second kappa shape index (κ2) is 9.24. The number of hydrogen-bond acceptors (Lipinski definition) is 5. The zero-order chi connectivity index (χ0) is 12.7. The fourth-order valence-electron chi connectivity index (χ4n) is 1.27. The lowest BCUT2D eigenvalue weighted by molar-refractivity contribution is -0.116.